The summed E-state index contributed by atoms with van der Waals surface area (Å²) in [5, 5.41) is 11.9. The van der Waals surface area contributed by atoms with Gasteiger partial charge in [-0.25, -0.2) is 4.39 Å². The van der Waals surface area contributed by atoms with Gasteiger partial charge in [0.25, 0.3) is 0 Å². The van der Waals surface area contributed by atoms with Gasteiger partial charge in [0.15, 0.2) is 5.82 Å². The highest BCUT2D eigenvalue weighted by Crippen LogP contribution is 2.30. The first-order chi connectivity index (χ1) is 10.1. The molecule has 0 spiro atoms. The van der Waals surface area contributed by atoms with Crippen molar-refractivity contribution >= 4 is 17.3 Å². The number of nitrogens with two attached hydrogens (primary N) is 1. The molecule has 0 amide bonds. The number of rotatable bonds is 2. The average Bonchev–Trinajstić information content (AvgIpc) is 2.90. The summed E-state index contributed by atoms with van der Waals surface area (Å²) in [6, 6.07) is 9.51. The Morgan fingerprint density at radius 3 is 2.81 bits per heavy atom. The number of tetrazole rings is 1. The zero-order valence-corrected chi connectivity index (χ0v) is 11.8. The minimum atomic E-state index is -0.423. The van der Waals surface area contributed by atoms with E-state index in [1.54, 1.807) is 6.07 Å². The number of anilines is 1. The summed E-state index contributed by atoms with van der Waals surface area (Å²) in [6.45, 7) is 1.90. The molecule has 2 aromatic carbocycles. The maximum Gasteiger partial charge on any atom is 0.189 e. The smallest absolute Gasteiger partial charge is 0.189 e. The molecule has 0 saturated heterocycles. The predicted octanol–water partition coefficient (Wildman–Crippen LogP) is 3.01. The third-order valence-corrected chi connectivity index (χ3v) is 3.45. The van der Waals surface area contributed by atoms with E-state index in [1.165, 1.54) is 22.9 Å². The lowest BCUT2D eigenvalue weighted by Gasteiger charge is -2.10. The summed E-state index contributed by atoms with van der Waals surface area (Å²) in [6.07, 6.45) is 0. The van der Waals surface area contributed by atoms with E-state index < -0.39 is 5.82 Å². The van der Waals surface area contributed by atoms with Crippen LogP contribution in [0.3, 0.4) is 0 Å². The molecule has 0 fully saturated rings. The Kier molecular flexibility index (Phi) is 3.31. The Morgan fingerprint density at radius 2 is 2.05 bits per heavy atom. The minimum absolute atomic E-state index is 0.345. The van der Waals surface area contributed by atoms with E-state index in [4.69, 9.17) is 17.3 Å². The van der Waals surface area contributed by atoms with Crippen LogP contribution in [0.4, 0.5) is 10.1 Å². The molecule has 106 valence electrons. The van der Waals surface area contributed by atoms with Crippen LogP contribution in [0.1, 0.15) is 5.56 Å². The third-order valence-electron chi connectivity index (χ3n) is 3.13. The number of hydrogen-bond donors (Lipinski definition) is 1. The fourth-order valence-electron chi connectivity index (χ4n) is 2.15. The molecule has 7 heteroatoms. The van der Waals surface area contributed by atoms with Crippen LogP contribution in [0.25, 0.3) is 17.1 Å². The fraction of sp³-hybridized carbons (Fsp3) is 0.0714. The van der Waals surface area contributed by atoms with Crippen molar-refractivity contribution in [2.45, 2.75) is 6.92 Å². The highest BCUT2D eigenvalue weighted by atomic mass is 35.5. The van der Waals surface area contributed by atoms with E-state index in [0.717, 1.165) is 5.56 Å². The Hall–Kier alpha value is -2.47. The highest BCUT2D eigenvalue weighted by molar-refractivity contribution is 6.32. The van der Waals surface area contributed by atoms with Gasteiger partial charge in [0.2, 0.25) is 0 Å². The van der Waals surface area contributed by atoms with Crippen LogP contribution in [-0.2, 0) is 0 Å². The molecular formula is C14H11ClFN5. The van der Waals surface area contributed by atoms with Crippen LogP contribution >= 0.6 is 11.6 Å². The Morgan fingerprint density at radius 1 is 1.24 bits per heavy atom. The Balaban J connectivity index is 2.25. The molecule has 0 aliphatic heterocycles. The largest absolute Gasteiger partial charge is 0.398 e. The van der Waals surface area contributed by atoms with Gasteiger partial charge in [0.05, 0.1) is 10.7 Å². The summed E-state index contributed by atoms with van der Waals surface area (Å²) in [5.74, 6) is -0.00768. The van der Waals surface area contributed by atoms with Gasteiger partial charge in [0.1, 0.15) is 5.82 Å². The van der Waals surface area contributed by atoms with E-state index in [1.807, 2.05) is 19.1 Å². The maximum atomic E-state index is 13.5. The molecule has 5 nitrogen and oxygen atoms in total. The van der Waals surface area contributed by atoms with Crippen molar-refractivity contribution < 1.29 is 4.39 Å². The molecule has 3 rings (SSSR count). The predicted molar refractivity (Wildman–Crippen MR) is 78.7 cm³/mol. The van der Waals surface area contributed by atoms with E-state index >= 15 is 0 Å². The molecule has 0 aliphatic carbocycles. The molecule has 2 N–H and O–H groups in total. The van der Waals surface area contributed by atoms with Gasteiger partial charge in [-0.3, -0.25) is 0 Å². The maximum absolute atomic E-state index is 13.5. The molecule has 0 radical (unpaired) electrons. The lowest BCUT2D eigenvalue weighted by atomic mass is 10.1. The Labute approximate surface area is 125 Å². The average molecular weight is 304 g/mol. The summed E-state index contributed by atoms with van der Waals surface area (Å²) >= 11 is 6.11. The Bertz CT molecular complexity index is 795. The second-order valence-corrected chi connectivity index (χ2v) is 4.96. The van der Waals surface area contributed by atoms with Crippen molar-refractivity contribution in [1.29, 1.82) is 0 Å². The van der Waals surface area contributed by atoms with Gasteiger partial charge in [-0.15, -0.1) is 5.10 Å². The molecule has 0 bridgehead atoms. The first-order valence-electron chi connectivity index (χ1n) is 6.17. The summed E-state index contributed by atoms with van der Waals surface area (Å²) in [7, 11) is 0. The quantitative estimate of drug-likeness (QED) is 0.739. The molecule has 0 atom stereocenters. The summed E-state index contributed by atoms with van der Waals surface area (Å²) in [5.41, 5.74) is 8.52. The topological polar surface area (TPSA) is 69.6 Å². The molecule has 21 heavy (non-hydrogen) atoms. The lowest BCUT2D eigenvalue weighted by Crippen LogP contribution is -2.04. The monoisotopic (exact) mass is 303 g/mol. The SMILES string of the molecule is Cc1cccc(N)c1-c1nnnn1-c1cc(F)ccc1Cl. The lowest BCUT2D eigenvalue weighted by molar-refractivity contribution is 0.625. The second kappa shape index (κ2) is 5.14. The molecule has 3 aromatic rings. The van der Waals surface area contributed by atoms with Gasteiger partial charge in [-0.2, -0.15) is 4.68 Å². The second-order valence-electron chi connectivity index (χ2n) is 4.55. The normalized spacial score (nSPS) is 10.8. The summed E-state index contributed by atoms with van der Waals surface area (Å²) in [4.78, 5) is 0. The number of nitrogens with zero attached hydrogens (tertiary/aromatic N) is 4. The molecule has 1 heterocycles. The van der Waals surface area contributed by atoms with E-state index in [-0.39, 0.29) is 0 Å². The number of aromatic nitrogens is 4. The highest BCUT2D eigenvalue weighted by Gasteiger charge is 2.17. The summed E-state index contributed by atoms with van der Waals surface area (Å²) < 4.78 is 14.8. The van der Waals surface area contributed by atoms with Gasteiger partial charge >= 0.3 is 0 Å². The molecular weight excluding hydrogens is 293 g/mol. The molecule has 0 aliphatic rings. The van der Waals surface area contributed by atoms with Crippen LogP contribution in [0.2, 0.25) is 5.02 Å². The van der Waals surface area contributed by atoms with Crippen molar-refractivity contribution in [2.75, 3.05) is 5.73 Å². The van der Waals surface area contributed by atoms with Gasteiger partial charge in [-0.05, 0) is 41.1 Å². The zero-order chi connectivity index (χ0) is 15.0. The first-order valence-corrected chi connectivity index (χ1v) is 6.55. The van der Waals surface area contributed by atoms with Crippen LogP contribution in [0, 0.1) is 12.7 Å². The van der Waals surface area contributed by atoms with Crippen molar-refractivity contribution in [3.05, 3.63) is 52.8 Å². The van der Waals surface area contributed by atoms with Crippen LogP contribution < -0.4 is 5.73 Å². The van der Waals surface area contributed by atoms with Crippen molar-refractivity contribution in [1.82, 2.24) is 20.2 Å². The van der Waals surface area contributed by atoms with E-state index in [2.05, 4.69) is 15.5 Å². The molecule has 1 aromatic heterocycles. The number of nitrogen functional groups attached to an aromatic ring is 1. The number of aryl methyl sites for hydroxylation is 1. The van der Waals surface area contributed by atoms with Crippen LogP contribution in [0.5, 0.6) is 0 Å². The molecule has 0 saturated carbocycles. The standard InChI is InChI=1S/C14H11ClFN5/c1-8-3-2-4-11(17)13(8)14-18-19-20-21(14)12-7-9(16)5-6-10(12)15/h2-7H,17H2,1H3. The van der Waals surface area contributed by atoms with E-state index in [9.17, 15) is 4.39 Å². The van der Waals surface area contributed by atoms with Gasteiger partial charge < -0.3 is 5.73 Å². The van der Waals surface area contributed by atoms with Crippen LogP contribution in [-0.4, -0.2) is 20.2 Å². The van der Waals surface area contributed by atoms with Crippen molar-refractivity contribution in [3.8, 4) is 17.1 Å². The van der Waals surface area contributed by atoms with Crippen molar-refractivity contribution in [2.24, 2.45) is 0 Å². The number of benzene rings is 2. The minimum Gasteiger partial charge on any atom is -0.398 e. The zero-order valence-electron chi connectivity index (χ0n) is 11.1. The van der Waals surface area contributed by atoms with Gasteiger partial charge in [0, 0.05) is 17.3 Å². The first kappa shape index (κ1) is 13.5. The third kappa shape index (κ3) is 2.34. The molecule has 0 unspecified atom stereocenters. The number of halogens is 2. The van der Waals surface area contributed by atoms with Crippen molar-refractivity contribution in [3.63, 3.8) is 0 Å². The van der Waals surface area contributed by atoms with Gasteiger partial charge in [-0.1, -0.05) is 23.7 Å². The fourth-order valence-corrected chi connectivity index (χ4v) is 2.35. The van der Waals surface area contributed by atoms with Crippen LogP contribution in [0.15, 0.2) is 36.4 Å². The number of hydrogen-bond acceptors (Lipinski definition) is 4. The van der Waals surface area contributed by atoms with E-state index in [0.29, 0.717) is 27.8 Å².